The van der Waals surface area contributed by atoms with Gasteiger partial charge in [-0.25, -0.2) is 0 Å². The summed E-state index contributed by atoms with van der Waals surface area (Å²) in [6.45, 7) is 2.93. The van der Waals surface area contributed by atoms with Crippen molar-refractivity contribution < 1.29 is 4.74 Å². The maximum Gasteiger partial charge on any atom is 0.120 e. The number of nitrogens with one attached hydrogen (secondary N) is 1. The van der Waals surface area contributed by atoms with E-state index in [1.165, 1.54) is 5.56 Å². The minimum absolute atomic E-state index is 0.246. The van der Waals surface area contributed by atoms with Crippen LogP contribution < -0.4 is 10.1 Å². The molecule has 2 aromatic rings. The van der Waals surface area contributed by atoms with Crippen molar-refractivity contribution in [3.8, 4) is 5.75 Å². The molecule has 2 rings (SSSR count). The van der Waals surface area contributed by atoms with E-state index in [0.29, 0.717) is 0 Å². The first-order valence-electron chi connectivity index (χ1n) is 6.15. The number of aryl methyl sites for hydroxylation is 1. The predicted molar refractivity (Wildman–Crippen MR) is 79.2 cm³/mol. The highest BCUT2D eigenvalue weighted by Crippen LogP contribution is 2.27. The van der Waals surface area contributed by atoms with Gasteiger partial charge in [0.15, 0.2) is 0 Å². The summed E-state index contributed by atoms with van der Waals surface area (Å²) in [7, 11) is 3.62. The smallest absolute Gasteiger partial charge is 0.120 e. The van der Waals surface area contributed by atoms with Crippen molar-refractivity contribution in [2.24, 2.45) is 7.05 Å². The molecule has 1 aromatic heterocycles. The van der Waals surface area contributed by atoms with Crippen LogP contribution in [0.2, 0.25) is 0 Å². The van der Waals surface area contributed by atoms with E-state index in [0.717, 1.165) is 22.5 Å². The van der Waals surface area contributed by atoms with Crippen LogP contribution in [0, 0.1) is 0 Å². The lowest BCUT2D eigenvalue weighted by molar-refractivity contribution is 0.414. The van der Waals surface area contributed by atoms with Crippen molar-refractivity contribution in [1.82, 2.24) is 15.1 Å². The third-order valence-electron chi connectivity index (χ3n) is 3.19. The highest BCUT2D eigenvalue weighted by Gasteiger charge is 2.10. The standard InChI is InChI=1S/C14H18BrN3O/c1-10(16-9-11-6-7-17-18(11)2)13-5-4-12(19-3)8-14(13)15/h4-8,10,16H,9H2,1-3H3/t10-/m1/s1. The van der Waals surface area contributed by atoms with Crippen molar-refractivity contribution in [2.75, 3.05) is 7.11 Å². The van der Waals surface area contributed by atoms with Gasteiger partial charge in [-0.1, -0.05) is 22.0 Å². The van der Waals surface area contributed by atoms with Crippen molar-refractivity contribution in [2.45, 2.75) is 19.5 Å². The predicted octanol–water partition coefficient (Wildman–Crippen LogP) is 3.04. The molecule has 1 N–H and O–H groups in total. The van der Waals surface area contributed by atoms with Crippen LogP contribution in [-0.4, -0.2) is 16.9 Å². The van der Waals surface area contributed by atoms with Gasteiger partial charge in [0.05, 0.1) is 12.8 Å². The summed E-state index contributed by atoms with van der Waals surface area (Å²) >= 11 is 3.58. The summed E-state index contributed by atoms with van der Waals surface area (Å²) in [5.74, 6) is 0.856. The van der Waals surface area contributed by atoms with Crippen molar-refractivity contribution in [3.05, 3.63) is 46.2 Å². The van der Waals surface area contributed by atoms with E-state index < -0.39 is 0 Å². The molecule has 0 aliphatic rings. The maximum absolute atomic E-state index is 5.20. The van der Waals surface area contributed by atoms with Gasteiger partial charge in [-0.15, -0.1) is 0 Å². The highest BCUT2D eigenvalue weighted by molar-refractivity contribution is 9.10. The van der Waals surface area contributed by atoms with E-state index in [1.807, 2.05) is 36.1 Å². The molecule has 5 heteroatoms. The Balaban J connectivity index is 2.03. The normalized spacial score (nSPS) is 12.4. The van der Waals surface area contributed by atoms with Gasteiger partial charge < -0.3 is 10.1 Å². The van der Waals surface area contributed by atoms with Crippen LogP contribution in [0.15, 0.2) is 34.9 Å². The Morgan fingerprint density at radius 3 is 2.79 bits per heavy atom. The summed E-state index contributed by atoms with van der Waals surface area (Å²) in [4.78, 5) is 0. The fourth-order valence-electron chi connectivity index (χ4n) is 1.93. The summed E-state index contributed by atoms with van der Waals surface area (Å²) < 4.78 is 8.13. The molecule has 102 valence electrons. The first-order valence-corrected chi connectivity index (χ1v) is 6.95. The number of methoxy groups -OCH3 is 1. The summed E-state index contributed by atoms with van der Waals surface area (Å²) in [6, 6.07) is 8.29. The van der Waals surface area contributed by atoms with Crippen molar-refractivity contribution >= 4 is 15.9 Å². The Kier molecular flexibility index (Phi) is 4.61. The maximum atomic E-state index is 5.20. The lowest BCUT2D eigenvalue weighted by Crippen LogP contribution is -2.20. The molecule has 0 saturated carbocycles. The Morgan fingerprint density at radius 1 is 1.42 bits per heavy atom. The number of ether oxygens (including phenoxy) is 1. The van der Waals surface area contributed by atoms with Gasteiger partial charge in [-0.3, -0.25) is 4.68 Å². The zero-order valence-corrected chi connectivity index (χ0v) is 12.9. The fourth-order valence-corrected chi connectivity index (χ4v) is 2.63. The molecule has 0 bridgehead atoms. The van der Waals surface area contributed by atoms with Gasteiger partial charge in [0.25, 0.3) is 0 Å². The topological polar surface area (TPSA) is 39.1 Å². The van der Waals surface area contributed by atoms with E-state index in [9.17, 15) is 0 Å². The molecule has 0 fully saturated rings. The Labute approximate surface area is 121 Å². The third kappa shape index (κ3) is 3.36. The quantitative estimate of drug-likeness (QED) is 0.919. The second kappa shape index (κ2) is 6.21. The van der Waals surface area contributed by atoms with Gasteiger partial charge in [0, 0.05) is 30.3 Å². The molecule has 1 heterocycles. The SMILES string of the molecule is COc1ccc([C@@H](C)NCc2ccnn2C)c(Br)c1. The second-order valence-electron chi connectivity index (χ2n) is 4.44. The van der Waals surface area contributed by atoms with Crippen LogP contribution in [0.5, 0.6) is 5.75 Å². The van der Waals surface area contributed by atoms with Crippen LogP contribution in [-0.2, 0) is 13.6 Å². The van der Waals surface area contributed by atoms with Crippen molar-refractivity contribution in [3.63, 3.8) is 0 Å². The first kappa shape index (κ1) is 14.1. The molecule has 4 nitrogen and oxygen atoms in total. The van der Waals surface area contributed by atoms with Crippen LogP contribution in [0.3, 0.4) is 0 Å². The van der Waals surface area contributed by atoms with Crippen molar-refractivity contribution in [1.29, 1.82) is 0 Å². The van der Waals surface area contributed by atoms with Crippen LogP contribution in [0.25, 0.3) is 0 Å². The first-order chi connectivity index (χ1) is 9.11. The van der Waals surface area contributed by atoms with E-state index >= 15 is 0 Å². The third-order valence-corrected chi connectivity index (χ3v) is 3.87. The van der Waals surface area contributed by atoms with Gasteiger partial charge in [-0.2, -0.15) is 5.10 Å². The number of rotatable bonds is 5. The van der Waals surface area contributed by atoms with Gasteiger partial charge in [0.1, 0.15) is 5.75 Å². The number of hydrogen-bond acceptors (Lipinski definition) is 3. The number of nitrogens with zero attached hydrogens (tertiary/aromatic N) is 2. The Morgan fingerprint density at radius 2 is 2.21 bits per heavy atom. The molecule has 1 atom stereocenters. The largest absolute Gasteiger partial charge is 0.497 e. The van der Waals surface area contributed by atoms with Gasteiger partial charge >= 0.3 is 0 Å². The van der Waals surface area contributed by atoms with Gasteiger partial charge in [-0.05, 0) is 30.7 Å². The zero-order valence-electron chi connectivity index (χ0n) is 11.4. The molecule has 0 unspecified atom stereocenters. The summed E-state index contributed by atoms with van der Waals surface area (Å²) in [5, 5.41) is 7.65. The summed E-state index contributed by atoms with van der Waals surface area (Å²) in [6.07, 6.45) is 1.81. The number of halogens is 1. The molecule has 0 spiro atoms. The lowest BCUT2D eigenvalue weighted by atomic mass is 10.1. The summed E-state index contributed by atoms with van der Waals surface area (Å²) in [5.41, 5.74) is 2.37. The Bertz CT molecular complexity index is 553. The fraction of sp³-hybridized carbons (Fsp3) is 0.357. The number of aromatic nitrogens is 2. The van der Waals surface area contributed by atoms with Gasteiger partial charge in [0.2, 0.25) is 0 Å². The molecule has 0 radical (unpaired) electrons. The van der Waals surface area contributed by atoms with Crippen LogP contribution in [0.4, 0.5) is 0 Å². The van der Waals surface area contributed by atoms with Crippen LogP contribution in [0.1, 0.15) is 24.2 Å². The molecule has 19 heavy (non-hydrogen) atoms. The molecule has 0 saturated heterocycles. The molecule has 0 aliphatic carbocycles. The molecule has 0 amide bonds. The highest BCUT2D eigenvalue weighted by atomic mass is 79.9. The second-order valence-corrected chi connectivity index (χ2v) is 5.29. The number of benzene rings is 1. The minimum Gasteiger partial charge on any atom is -0.497 e. The van der Waals surface area contributed by atoms with E-state index in [2.05, 4.69) is 39.3 Å². The monoisotopic (exact) mass is 323 g/mol. The molecular weight excluding hydrogens is 306 g/mol. The zero-order chi connectivity index (χ0) is 13.8. The molecule has 0 aliphatic heterocycles. The molecule has 1 aromatic carbocycles. The van der Waals surface area contributed by atoms with Crippen LogP contribution >= 0.6 is 15.9 Å². The minimum atomic E-state index is 0.246. The Hall–Kier alpha value is -1.33. The average Bonchev–Trinajstić information content (AvgIpc) is 2.81. The van der Waals surface area contributed by atoms with E-state index in [4.69, 9.17) is 4.74 Å². The van der Waals surface area contributed by atoms with E-state index in [1.54, 1.807) is 7.11 Å². The average molecular weight is 324 g/mol. The lowest BCUT2D eigenvalue weighted by Gasteiger charge is -2.16. The molecular formula is C14H18BrN3O. The van der Waals surface area contributed by atoms with E-state index in [-0.39, 0.29) is 6.04 Å². The number of hydrogen-bond donors (Lipinski definition) is 1.